The number of pyridine rings is 1. The van der Waals surface area contributed by atoms with Crippen molar-refractivity contribution in [3.05, 3.63) is 82.6 Å². The molecule has 2 aromatic carbocycles. The standard InChI is InChI=1S/C44H52ClN7O5/c1-43(2)38(44(3,4)42(43)57-33-11-7-30(25-46)34(45)23-33)24-37(53)29-5-8-31(9-6-29)51-17-15-28(16-18-51)27-50-19-21-52(22-20-50)32-10-12-35(47-26-32)40(55)48-36-13-14-39(54)49-41(36)56/h5-12,23,26,28,36,38,42H,13-22,24,27H2,1-4H3,(H,48,55)(H,49,54,56). The maximum Gasteiger partial charge on any atom is 0.270 e. The van der Waals surface area contributed by atoms with Crippen LogP contribution in [0.15, 0.2) is 60.8 Å². The Morgan fingerprint density at radius 3 is 2.19 bits per heavy atom. The summed E-state index contributed by atoms with van der Waals surface area (Å²) in [6, 6.07) is 18.2. The van der Waals surface area contributed by atoms with Gasteiger partial charge in [-0.25, -0.2) is 4.98 Å². The van der Waals surface area contributed by atoms with E-state index < -0.39 is 17.9 Å². The molecular formula is C44H52ClN7O5. The van der Waals surface area contributed by atoms with Crippen molar-refractivity contribution >= 4 is 46.5 Å². The number of benzene rings is 2. The van der Waals surface area contributed by atoms with E-state index in [-0.39, 0.29) is 53.1 Å². The number of imide groups is 1. The van der Waals surface area contributed by atoms with Crippen molar-refractivity contribution in [3.8, 4) is 11.8 Å². The van der Waals surface area contributed by atoms with Gasteiger partial charge >= 0.3 is 0 Å². The van der Waals surface area contributed by atoms with E-state index in [0.717, 1.165) is 75.6 Å². The molecule has 3 aliphatic heterocycles. The lowest BCUT2D eigenvalue weighted by Crippen LogP contribution is -2.66. The second-order valence-electron chi connectivity index (χ2n) is 17.2. The third-order valence-electron chi connectivity index (χ3n) is 12.8. The number of hydrogen-bond acceptors (Lipinski definition) is 10. The van der Waals surface area contributed by atoms with Gasteiger partial charge in [0, 0.05) is 86.8 Å². The highest BCUT2D eigenvalue weighted by molar-refractivity contribution is 6.31. The van der Waals surface area contributed by atoms with Crippen molar-refractivity contribution in [2.75, 3.05) is 55.6 Å². The third kappa shape index (κ3) is 8.65. The van der Waals surface area contributed by atoms with E-state index in [4.69, 9.17) is 16.3 Å². The van der Waals surface area contributed by atoms with Gasteiger partial charge in [0.1, 0.15) is 29.7 Å². The first kappa shape index (κ1) is 40.2. The van der Waals surface area contributed by atoms with Gasteiger partial charge in [0.2, 0.25) is 11.8 Å². The molecule has 7 rings (SSSR count). The van der Waals surface area contributed by atoms with Gasteiger partial charge in [-0.2, -0.15) is 5.26 Å². The molecule has 1 aliphatic carbocycles. The molecule has 0 bridgehead atoms. The molecule has 4 fully saturated rings. The number of amides is 3. The number of anilines is 2. The van der Waals surface area contributed by atoms with E-state index in [2.05, 4.69) is 76.2 Å². The molecule has 300 valence electrons. The highest BCUT2D eigenvalue weighted by Gasteiger charge is 2.63. The Bertz CT molecular complexity index is 2010. The number of ketones is 1. The van der Waals surface area contributed by atoms with Crippen molar-refractivity contribution in [2.45, 2.75) is 71.9 Å². The highest BCUT2D eigenvalue weighted by Crippen LogP contribution is 2.61. The van der Waals surface area contributed by atoms with Crippen molar-refractivity contribution in [1.82, 2.24) is 20.5 Å². The number of carbonyl (C=O) groups is 4. The van der Waals surface area contributed by atoms with Crippen LogP contribution in [-0.2, 0) is 9.59 Å². The van der Waals surface area contributed by atoms with Gasteiger partial charge < -0.3 is 19.9 Å². The number of rotatable bonds is 11. The fourth-order valence-corrected chi connectivity index (χ4v) is 9.89. The average molecular weight is 794 g/mol. The van der Waals surface area contributed by atoms with E-state index in [9.17, 15) is 24.4 Å². The second-order valence-corrected chi connectivity index (χ2v) is 17.6. The molecular weight excluding hydrogens is 742 g/mol. The molecule has 0 radical (unpaired) electrons. The molecule has 1 atom stereocenters. The Kier molecular flexibility index (Phi) is 11.6. The lowest BCUT2D eigenvalue weighted by molar-refractivity contribution is -0.196. The van der Waals surface area contributed by atoms with Gasteiger partial charge in [-0.1, -0.05) is 39.3 Å². The molecule has 1 saturated carbocycles. The summed E-state index contributed by atoms with van der Waals surface area (Å²) in [6.07, 6.45) is 4.78. The Balaban J connectivity index is 0.832. The molecule has 4 aliphatic rings. The second kappa shape index (κ2) is 16.5. The SMILES string of the molecule is CC1(C)C(CC(=O)c2ccc(N3CCC(CN4CCN(c5ccc(C(=O)NC6CCC(=O)NC6=O)nc5)CC4)CC3)cc2)C(C)(C)C1Oc1ccc(C#N)c(Cl)c1. The summed E-state index contributed by atoms with van der Waals surface area (Å²) in [4.78, 5) is 61.3. The van der Waals surface area contributed by atoms with Gasteiger partial charge in [0.15, 0.2) is 5.78 Å². The van der Waals surface area contributed by atoms with Crippen LogP contribution >= 0.6 is 11.6 Å². The van der Waals surface area contributed by atoms with Crippen LogP contribution in [0, 0.1) is 34.0 Å². The van der Waals surface area contributed by atoms with Crippen molar-refractivity contribution in [2.24, 2.45) is 22.7 Å². The Morgan fingerprint density at radius 1 is 0.912 bits per heavy atom. The normalized spacial score (nSPS) is 23.5. The zero-order valence-corrected chi connectivity index (χ0v) is 34.0. The quantitative estimate of drug-likeness (QED) is 0.178. The number of Topliss-reactive ketones (excluding diaryl/α,β-unsaturated/α-hetero) is 1. The molecule has 4 heterocycles. The summed E-state index contributed by atoms with van der Waals surface area (Å²) in [5.74, 6) is 0.316. The number of nitriles is 1. The highest BCUT2D eigenvalue weighted by atomic mass is 35.5. The number of ether oxygens (including phenoxy) is 1. The number of nitrogens with one attached hydrogen (secondary N) is 2. The van der Waals surface area contributed by atoms with Gasteiger partial charge in [-0.3, -0.25) is 29.4 Å². The monoisotopic (exact) mass is 793 g/mol. The molecule has 3 saturated heterocycles. The van der Waals surface area contributed by atoms with Crippen LogP contribution in [0.25, 0.3) is 0 Å². The smallest absolute Gasteiger partial charge is 0.270 e. The van der Waals surface area contributed by atoms with Crippen LogP contribution in [0.4, 0.5) is 11.4 Å². The largest absolute Gasteiger partial charge is 0.489 e. The fraction of sp³-hybridized carbons (Fsp3) is 0.500. The minimum atomic E-state index is -0.731. The van der Waals surface area contributed by atoms with Gasteiger partial charge in [0.25, 0.3) is 5.91 Å². The summed E-state index contributed by atoms with van der Waals surface area (Å²) in [5.41, 5.74) is 3.06. The summed E-state index contributed by atoms with van der Waals surface area (Å²) in [5, 5.41) is 14.5. The molecule has 12 nitrogen and oxygen atoms in total. The maximum absolute atomic E-state index is 13.6. The summed E-state index contributed by atoms with van der Waals surface area (Å²) < 4.78 is 6.42. The topological polar surface area (TPSA) is 148 Å². The van der Waals surface area contributed by atoms with Crippen LogP contribution in [0.3, 0.4) is 0 Å². The summed E-state index contributed by atoms with van der Waals surface area (Å²) in [7, 11) is 0. The van der Waals surface area contributed by atoms with Gasteiger partial charge in [0.05, 0.1) is 22.5 Å². The van der Waals surface area contributed by atoms with Crippen LogP contribution < -0.4 is 25.2 Å². The molecule has 3 amide bonds. The van der Waals surface area contributed by atoms with Crippen LogP contribution in [0.1, 0.15) is 86.2 Å². The van der Waals surface area contributed by atoms with Gasteiger partial charge in [-0.15, -0.1) is 0 Å². The molecule has 3 aromatic rings. The molecule has 2 N–H and O–H groups in total. The number of piperazine rings is 1. The van der Waals surface area contributed by atoms with E-state index in [1.807, 2.05) is 18.2 Å². The first-order valence-electron chi connectivity index (χ1n) is 20.1. The predicted molar refractivity (Wildman–Crippen MR) is 218 cm³/mol. The van der Waals surface area contributed by atoms with E-state index in [0.29, 0.717) is 28.7 Å². The number of piperidine rings is 2. The third-order valence-corrected chi connectivity index (χ3v) is 13.1. The minimum Gasteiger partial charge on any atom is -0.489 e. The number of halogens is 1. The van der Waals surface area contributed by atoms with E-state index in [1.165, 1.54) is 0 Å². The molecule has 13 heteroatoms. The average Bonchev–Trinajstić information content (AvgIpc) is 3.20. The molecule has 57 heavy (non-hydrogen) atoms. The molecule has 0 spiro atoms. The zero-order chi connectivity index (χ0) is 40.5. The summed E-state index contributed by atoms with van der Waals surface area (Å²) >= 11 is 6.26. The minimum absolute atomic E-state index is 0.109. The van der Waals surface area contributed by atoms with E-state index in [1.54, 1.807) is 30.5 Å². The van der Waals surface area contributed by atoms with Crippen LogP contribution in [0.5, 0.6) is 5.75 Å². The Morgan fingerprint density at radius 2 is 1.58 bits per heavy atom. The van der Waals surface area contributed by atoms with Crippen molar-refractivity contribution in [1.29, 1.82) is 5.26 Å². The van der Waals surface area contributed by atoms with E-state index >= 15 is 0 Å². The maximum atomic E-state index is 13.6. The number of nitrogens with zero attached hydrogens (tertiary/aromatic N) is 5. The zero-order valence-electron chi connectivity index (χ0n) is 33.2. The Hall–Kier alpha value is -4.99. The fourth-order valence-electron chi connectivity index (χ4n) is 9.67. The van der Waals surface area contributed by atoms with Crippen LogP contribution in [0.2, 0.25) is 5.02 Å². The number of aromatic nitrogens is 1. The summed E-state index contributed by atoms with van der Waals surface area (Å²) in [6.45, 7) is 15.4. The van der Waals surface area contributed by atoms with Crippen molar-refractivity contribution in [3.63, 3.8) is 0 Å². The lowest BCUT2D eigenvalue weighted by Gasteiger charge is -2.63. The van der Waals surface area contributed by atoms with Gasteiger partial charge in [-0.05, 0) is 79.6 Å². The first-order valence-corrected chi connectivity index (χ1v) is 20.4. The Labute approximate surface area is 339 Å². The molecule has 1 aromatic heterocycles. The first-order chi connectivity index (χ1) is 27.2. The van der Waals surface area contributed by atoms with Crippen LogP contribution in [-0.4, -0.2) is 91.3 Å². The predicted octanol–water partition coefficient (Wildman–Crippen LogP) is 5.88. The number of carbonyl (C=O) groups excluding carboxylic acids is 4. The molecule has 1 unspecified atom stereocenters. The lowest BCUT2D eigenvalue weighted by atomic mass is 9.44. The van der Waals surface area contributed by atoms with Crippen molar-refractivity contribution < 1.29 is 23.9 Å². The number of hydrogen-bond donors (Lipinski definition) is 2.